The standard InChI is InChI=1S/C28H35N7O/c1-18(2)26(27-31-32-33-35(27)24-9-5-6-10-24)34(16-21-8-7-11-29-15-21)17-23-14-22-12-19(3)20(4)13-25(22)30-28(23)36/h7-8,11-15,18,24,26H,5-6,9-10,16-17H2,1-4H3,(H,30,36)/t26-/m1/s1. The van der Waals surface area contributed by atoms with E-state index in [-0.39, 0.29) is 17.5 Å². The summed E-state index contributed by atoms with van der Waals surface area (Å²) in [7, 11) is 0. The van der Waals surface area contributed by atoms with Crippen LogP contribution in [0.4, 0.5) is 0 Å². The Kier molecular flexibility index (Phi) is 6.96. The molecule has 8 heteroatoms. The lowest BCUT2D eigenvalue weighted by atomic mass is 9.99. The second-order valence-electron chi connectivity index (χ2n) is 10.5. The van der Waals surface area contributed by atoms with E-state index >= 15 is 0 Å². The Hall–Kier alpha value is -3.39. The van der Waals surface area contributed by atoms with E-state index in [1.807, 2.05) is 23.0 Å². The van der Waals surface area contributed by atoms with Crippen molar-refractivity contribution >= 4 is 10.9 Å². The Morgan fingerprint density at radius 1 is 1.11 bits per heavy atom. The number of nitrogens with one attached hydrogen (secondary N) is 1. The van der Waals surface area contributed by atoms with Crippen LogP contribution in [0.3, 0.4) is 0 Å². The number of nitrogens with zero attached hydrogens (tertiary/aromatic N) is 6. The highest BCUT2D eigenvalue weighted by Gasteiger charge is 2.32. The predicted molar refractivity (Wildman–Crippen MR) is 140 cm³/mol. The maximum absolute atomic E-state index is 13.2. The van der Waals surface area contributed by atoms with Crippen LogP contribution in [0.1, 0.15) is 79.7 Å². The van der Waals surface area contributed by atoms with E-state index in [1.54, 1.807) is 6.20 Å². The van der Waals surface area contributed by atoms with Gasteiger partial charge in [-0.3, -0.25) is 14.7 Å². The molecule has 5 rings (SSSR count). The molecule has 0 radical (unpaired) electrons. The Balaban J connectivity index is 1.57. The lowest BCUT2D eigenvalue weighted by Crippen LogP contribution is -2.35. The van der Waals surface area contributed by atoms with Crippen LogP contribution >= 0.6 is 0 Å². The zero-order valence-corrected chi connectivity index (χ0v) is 21.6. The van der Waals surface area contributed by atoms with Gasteiger partial charge in [0.2, 0.25) is 0 Å². The monoisotopic (exact) mass is 485 g/mol. The van der Waals surface area contributed by atoms with Crippen molar-refractivity contribution in [2.75, 3.05) is 0 Å². The number of fused-ring (bicyclic) bond motifs is 1. The van der Waals surface area contributed by atoms with E-state index in [9.17, 15) is 4.79 Å². The third kappa shape index (κ3) is 4.95. The van der Waals surface area contributed by atoms with Crippen molar-refractivity contribution < 1.29 is 0 Å². The van der Waals surface area contributed by atoms with Gasteiger partial charge in [0.25, 0.3) is 5.56 Å². The van der Waals surface area contributed by atoms with E-state index in [1.165, 1.54) is 24.0 Å². The van der Waals surface area contributed by atoms with Crippen LogP contribution in [0.25, 0.3) is 10.9 Å². The number of benzene rings is 1. The van der Waals surface area contributed by atoms with Crippen LogP contribution in [0.2, 0.25) is 0 Å². The number of aromatic nitrogens is 6. The van der Waals surface area contributed by atoms with E-state index in [0.717, 1.165) is 40.7 Å². The van der Waals surface area contributed by atoms with Crippen LogP contribution < -0.4 is 5.56 Å². The van der Waals surface area contributed by atoms with Gasteiger partial charge in [-0.15, -0.1) is 5.10 Å². The molecule has 0 saturated heterocycles. The number of pyridine rings is 2. The summed E-state index contributed by atoms with van der Waals surface area (Å²) in [6, 6.07) is 10.5. The first-order valence-corrected chi connectivity index (χ1v) is 12.9. The van der Waals surface area contributed by atoms with Gasteiger partial charge in [0, 0.05) is 36.6 Å². The zero-order valence-electron chi connectivity index (χ0n) is 21.6. The Morgan fingerprint density at radius 2 is 1.89 bits per heavy atom. The van der Waals surface area contributed by atoms with E-state index in [4.69, 9.17) is 0 Å². The van der Waals surface area contributed by atoms with Crippen molar-refractivity contribution in [1.29, 1.82) is 0 Å². The number of hydrogen-bond donors (Lipinski definition) is 1. The van der Waals surface area contributed by atoms with E-state index < -0.39 is 0 Å². The number of aryl methyl sites for hydroxylation is 2. The SMILES string of the molecule is Cc1cc2cc(CN(Cc3cccnc3)[C@@H](c3nnnn3C3CCCC3)C(C)C)c(=O)[nH]c2cc1C. The minimum Gasteiger partial charge on any atom is -0.322 e. The van der Waals surface area contributed by atoms with Gasteiger partial charge in [-0.05, 0) is 89.4 Å². The molecule has 0 aliphatic heterocycles. The summed E-state index contributed by atoms with van der Waals surface area (Å²) < 4.78 is 2.05. The highest BCUT2D eigenvalue weighted by atomic mass is 16.1. The average Bonchev–Trinajstić information content (AvgIpc) is 3.54. The molecule has 1 aliphatic carbocycles. The molecule has 1 fully saturated rings. The Morgan fingerprint density at radius 3 is 2.61 bits per heavy atom. The van der Waals surface area contributed by atoms with Crippen LogP contribution in [-0.2, 0) is 13.1 Å². The van der Waals surface area contributed by atoms with Crippen molar-refractivity contribution in [3.05, 3.63) is 81.2 Å². The molecule has 3 aromatic heterocycles. The van der Waals surface area contributed by atoms with Gasteiger partial charge in [-0.25, -0.2) is 4.68 Å². The van der Waals surface area contributed by atoms with Gasteiger partial charge in [0.15, 0.2) is 5.82 Å². The van der Waals surface area contributed by atoms with Crippen LogP contribution in [0.15, 0.2) is 47.5 Å². The summed E-state index contributed by atoms with van der Waals surface area (Å²) in [5, 5.41) is 14.1. The van der Waals surface area contributed by atoms with Crippen molar-refractivity contribution in [1.82, 2.24) is 35.1 Å². The number of aromatic amines is 1. The zero-order chi connectivity index (χ0) is 25.2. The number of rotatable bonds is 8. The first kappa shape index (κ1) is 24.3. The normalized spacial score (nSPS) is 15.4. The van der Waals surface area contributed by atoms with Crippen LogP contribution in [0, 0.1) is 19.8 Å². The third-order valence-electron chi connectivity index (χ3n) is 7.50. The number of hydrogen-bond acceptors (Lipinski definition) is 6. The summed E-state index contributed by atoms with van der Waals surface area (Å²) in [5.74, 6) is 1.11. The van der Waals surface area contributed by atoms with Crippen molar-refractivity contribution in [2.45, 2.75) is 78.6 Å². The predicted octanol–water partition coefficient (Wildman–Crippen LogP) is 5.04. The molecule has 0 bridgehead atoms. The van der Waals surface area contributed by atoms with E-state index in [2.05, 4.69) is 76.3 Å². The van der Waals surface area contributed by atoms with Gasteiger partial charge >= 0.3 is 0 Å². The molecule has 1 aliphatic rings. The van der Waals surface area contributed by atoms with Crippen molar-refractivity contribution in [3.8, 4) is 0 Å². The smallest absolute Gasteiger partial charge is 0.252 e. The fourth-order valence-corrected chi connectivity index (χ4v) is 5.52. The largest absolute Gasteiger partial charge is 0.322 e. The topological polar surface area (TPSA) is 92.6 Å². The molecule has 1 N–H and O–H groups in total. The van der Waals surface area contributed by atoms with Gasteiger partial charge < -0.3 is 4.98 Å². The first-order chi connectivity index (χ1) is 17.4. The Labute approximate surface area is 211 Å². The maximum atomic E-state index is 13.2. The summed E-state index contributed by atoms with van der Waals surface area (Å²) in [5.41, 5.74) is 5.02. The van der Waals surface area contributed by atoms with Gasteiger partial charge in [-0.2, -0.15) is 0 Å². The summed E-state index contributed by atoms with van der Waals surface area (Å²) in [6.45, 7) is 9.69. The fraction of sp³-hybridized carbons (Fsp3) is 0.464. The molecule has 3 heterocycles. The lowest BCUT2D eigenvalue weighted by Gasteiger charge is -2.34. The second kappa shape index (κ2) is 10.3. The summed E-state index contributed by atoms with van der Waals surface area (Å²) >= 11 is 0. The molecule has 8 nitrogen and oxygen atoms in total. The van der Waals surface area contributed by atoms with Crippen molar-refractivity contribution in [3.63, 3.8) is 0 Å². The van der Waals surface area contributed by atoms with Crippen molar-refractivity contribution in [2.24, 2.45) is 5.92 Å². The molecule has 1 saturated carbocycles. The average molecular weight is 486 g/mol. The number of H-pyrrole nitrogens is 1. The van der Waals surface area contributed by atoms with Crippen LogP contribution in [0.5, 0.6) is 0 Å². The molecular weight excluding hydrogens is 450 g/mol. The fourth-order valence-electron chi connectivity index (χ4n) is 5.52. The molecule has 4 aromatic rings. The minimum atomic E-state index is -0.0596. The quantitative estimate of drug-likeness (QED) is 0.376. The van der Waals surface area contributed by atoms with Crippen LogP contribution in [-0.4, -0.2) is 35.1 Å². The highest BCUT2D eigenvalue weighted by molar-refractivity contribution is 5.80. The first-order valence-electron chi connectivity index (χ1n) is 12.9. The molecule has 0 unspecified atom stereocenters. The van der Waals surface area contributed by atoms with Gasteiger partial charge in [-0.1, -0.05) is 32.8 Å². The Bertz CT molecular complexity index is 1390. The molecule has 0 spiro atoms. The third-order valence-corrected chi connectivity index (χ3v) is 7.50. The van der Waals surface area contributed by atoms with Gasteiger partial charge in [0.05, 0.1) is 12.1 Å². The van der Waals surface area contributed by atoms with Gasteiger partial charge in [0.1, 0.15) is 0 Å². The molecule has 36 heavy (non-hydrogen) atoms. The molecule has 188 valence electrons. The molecule has 1 aromatic carbocycles. The lowest BCUT2D eigenvalue weighted by molar-refractivity contribution is 0.123. The minimum absolute atomic E-state index is 0.0557. The second-order valence-corrected chi connectivity index (χ2v) is 10.5. The summed E-state index contributed by atoms with van der Waals surface area (Å²) in [6.07, 6.45) is 8.30. The van der Waals surface area contributed by atoms with E-state index in [0.29, 0.717) is 19.1 Å². The molecule has 0 amide bonds. The number of tetrazole rings is 1. The molecular formula is C28H35N7O. The summed E-state index contributed by atoms with van der Waals surface area (Å²) in [4.78, 5) is 23.0. The molecule has 1 atom stereocenters. The highest BCUT2D eigenvalue weighted by Crippen LogP contribution is 2.35. The maximum Gasteiger partial charge on any atom is 0.252 e.